The highest BCUT2D eigenvalue weighted by molar-refractivity contribution is 6.07. The Morgan fingerprint density at radius 3 is 1.54 bits per heavy atom. The Morgan fingerprint density at radius 1 is 0.280 bits per heavy atom. The number of nitrogens with zero attached hydrogens (tertiary/aromatic N) is 2. The maximum Gasteiger partial charge on any atom is 0.160 e. The van der Waals surface area contributed by atoms with E-state index in [0.29, 0.717) is 5.82 Å². The molecule has 3 aromatic heterocycles. The van der Waals surface area contributed by atoms with Crippen LogP contribution in [0.1, 0.15) is 0 Å². The van der Waals surface area contributed by atoms with Crippen molar-refractivity contribution in [1.29, 1.82) is 0 Å². The zero-order valence-electron chi connectivity index (χ0n) is 26.9. The van der Waals surface area contributed by atoms with Gasteiger partial charge in [-0.3, -0.25) is 0 Å². The molecule has 0 saturated carbocycles. The lowest BCUT2D eigenvalue weighted by atomic mass is 9.94. The highest BCUT2D eigenvalue weighted by Crippen LogP contribution is 2.38. The van der Waals surface area contributed by atoms with Crippen LogP contribution in [0.5, 0.6) is 0 Å². The first kappa shape index (κ1) is 28.3. The number of rotatable bonds is 5. The molecule has 0 atom stereocenters. The summed E-state index contributed by atoms with van der Waals surface area (Å²) in [7, 11) is 0. The van der Waals surface area contributed by atoms with Gasteiger partial charge in [0.2, 0.25) is 0 Å². The van der Waals surface area contributed by atoms with Crippen LogP contribution in [0.2, 0.25) is 0 Å². The largest absolute Gasteiger partial charge is 0.456 e. The fourth-order valence-electron chi connectivity index (χ4n) is 6.99. The van der Waals surface area contributed by atoms with Gasteiger partial charge in [0.15, 0.2) is 5.82 Å². The summed E-state index contributed by atoms with van der Waals surface area (Å²) < 4.78 is 12.4. The summed E-state index contributed by atoms with van der Waals surface area (Å²) in [6.45, 7) is 0. The summed E-state index contributed by atoms with van der Waals surface area (Å²) in [4.78, 5) is 10.4. The van der Waals surface area contributed by atoms with Crippen LogP contribution in [0.25, 0.3) is 100 Å². The van der Waals surface area contributed by atoms with Gasteiger partial charge in [-0.2, -0.15) is 0 Å². The number of furan rings is 2. The molecule has 234 valence electrons. The van der Waals surface area contributed by atoms with E-state index in [1.807, 2.05) is 66.7 Å². The molecular formula is C46H28N2O2. The average molecular weight is 641 g/mol. The van der Waals surface area contributed by atoms with E-state index >= 15 is 0 Å². The van der Waals surface area contributed by atoms with E-state index in [1.54, 1.807) is 0 Å². The Kier molecular flexibility index (Phi) is 6.46. The van der Waals surface area contributed by atoms with Gasteiger partial charge in [-0.15, -0.1) is 0 Å². The summed E-state index contributed by atoms with van der Waals surface area (Å²) >= 11 is 0. The molecule has 7 aromatic carbocycles. The molecule has 0 saturated heterocycles. The third-order valence-electron chi connectivity index (χ3n) is 9.48. The Balaban J connectivity index is 1.18. The minimum Gasteiger partial charge on any atom is -0.456 e. The number of aromatic nitrogens is 2. The molecule has 0 radical (unpaired) electrons. The third-order valence-corrected chi connectivity index (χ3v) is 9.48. The summed E-state index contributed by atoms with van der Waals surface area (Å²) in [6, 6.07) is 58.6. The Labute approximate surface area is 287 Å². The van der Waals surface area contributed by atoms with E-state index in [0.717, 1.165) is 94.2 Å². The Bertz CT molecular complexity index is 2870. The standard InChI is InChI=1S/C46H28N2O2/c1-3-11-29(12-4-1)33-23-34(31-19-21-38-36-15-7-9-17-42(36)50-45(38)27-31)25-35(24-33)41-28-40(30-13-5-2-6-14-30)47-46(48-41)32-20-22-44-39(26-32)37-16-8-10-18-43(37)49-44/h1-28H. The van der Waals surface area contributed by atoms with E-state index in [2.05, 4.69) is 103 Å². The highest BCUT2D eigenvalue weighted by atomic mass is 16.3. The van der Waals surface area contributed by atoms with Crippen LogP contribution in [-0.4, -0.2) is 9.97 Å². The second-order valence-electron chi connectivity index (χ2n) is 12.6. The van der Waals surface area contributed by atoms with E-state index in [4.69, 9.17) is 18.8 Å². The molecule has 0 spiro atoms. The summed E-state index contributed by atoms with van der Waals surface area (Å²) in [5, 5.41) is 4.35. The zero-order valence-corrected chi connectivity index (χ0v) is 26.9. The molecule has 0 N–H and O–H groups in total. The number of hydrogen-bond donors (Lipinski definition) is 0. The molecule has 0 unspecified atom stereocenters. The summed E-state index contributed by atoms with van der Waals surface area (Å²) in [5.74, 6) is 0.656. The number of hydrogen-bond acceptors (Lipinski definition) is 4. The molecule has 10 aromatic rings. The molecule has 50 heavy (non-hydrogen) atoms. The predicted octanol–water partition coefficient (Wildman–Crippen LogP) is 12.6. The molecule has 0 aliphatic heterocycles. The molecule has 0 aliphatic rings. The Morgan fingerprint density at radius 2 is 0.800 bits per heavy atom. The van der Waals surface area contributed by atoms with Crippen LogP contribution in [0.3, 0.4) is 0 Å². The van der Waals surface area contributed by atoms with Gasteiger partial charge in [0.05, 0.1) is 11.4 Å². The van der Waals surface area contributed by atoms with Gasteiger partial charge >= 0.3 is 0 Å². The molecule has 0 bridgehead atoms. The molecule has 4 heteroatoms. The van der Waals surface area contributed by atoms with E-state index < -0.39 is 0 Å². The molecule has 0 fully saturated rings. The van der Waals surface area contributed by atoms with Gasteiger partial charge < -0.3 is 8.83 Å². The third kappa shape index (κ3) is 4.85. The van der Waals surface area contributed by atoms with Gasteiger partial charge in [-0.05, 0) is 89.0 Å². The van der Waals surface area contributed by atoms with Gasteiger partial charge in [0, 0.05) is 38.2 Å². The minimum atomic E-state index is 0.656. The maximum atomic E-state index is 6.30. The van der Waals surface area contributed by atoms with Crippen LogP contribution in [-0.2, 0) is 0 Å². The molecule has 10 rings (SSSR count). The lowest BCUT2D eigenvalue weighted by molar-refractivity contribution is 0.668. The highest BCUT2D eigenvalue weighted by Gasteiger charge is 2.16. The Hall–Kier alpha value is -6.78. The first-order chi connectivity index (χ1) is 24.7. The maximum absolute atomic E-state index is 6.30. The van der Waals surface area contributed by atoms with Gasteiger partial charge in [-0.25, -0.2) is 9.97 Å². The molecule has 0 aliphatic carbocycles. The normalized spacial score (nSPS) is 11.6. The first-order valence-corrected chi connectivity index (χ1v) is 16.7. The van der Waals surface area contributed by atoms with E-state index in [9.17, 15) is 0 Å². The number of fused-ring (bicyclic) bond motifs is 6. The van der Waals surface area contributed by atoms with Gasteiger partial charge in [-0.1, -0.05) is 103 Å². The van der Waals surface area contributed by atoms with Crippen molar-refractivity contribution in [3.63, 3.8) is 0 Å². The van der Waals surface area contributed by atoms with Crippen LogP contribution < -0.4 is 0 Å². The van der Waals surface area contributed by atoms with Crippen molar-refractivity contribution in [2.45, 2.75) is 0 Å². The fourth-order valence-corrected chi connectivity index (χ4v) is 6.99. The van der Waals surface area contributed by atoms with Crippen molar-refractivity contribution >= 4 is 43.9 Å². The monoisotopic (exact) mass is 640 g/mol. The van der Waals surface area contributed by atoms with Crippen LogP contribution in [0, 0.1) is 0 Å². The summed E-state index contributed by atoms with van der Waals surface area (Å²) in [6.07, 6.45) is 0. The summed E-state index contributed by atoms with van der Waals surface area (Å²) in [5.41, 5.74) is 12.5. The SMILES string of the molecule is c1ccc(-c2cc(-c3ccc4c(c3)oc3ccccc34)cc(-c3cc(-c4ccccc4)nc(-c4ccc5oc6ccccc6c5c4)n3)c2)cc1. The fraction of sp³-hybridized carbons (Fsp3) is 0. The quantitative estimate of drug-likeness (QED) is 0.188. The molecule has 0 amide bonds. The average Bonchev–Trinajstić information content (AvgIpc) is 3.76. The zero-order chi connectivity index (χ0) is 33.0. The van der Waals surface area contributed by atoms with Crippen LogP contribution in [0.4, 0.5) is 0 Å². The van der Waals surface area contributed by atoms with E-state index in [-0.39, 0.29) is 0 Å². The number of para-hydroxylation sites is 2. The second-order valence-corrected chi connectivity index (χ2v) is 12.6. The van der Waals surface area contributed by atoms with Crippen molar-refractivity contribution < 1.29 is 8.83 Å². The van der Waals surface area contributed by atoms with Crippen LogP contribution >= 0.6 is 0 Å². The van der Waals surface area contributed by atoms with Gasteiger partial charge in [0.25, 0.3) is 0 Å². The molecule has 4 nitrogen and oxygen atoms in total. The second kappa shape index (κ2) is 11.4. The van der Waals surface area contributed by atoms with E-state index in [1.165, 1.54) is 0 Å². The van der Waals surface area contributed by atoms with Gasteiger partial charge in [0.1, 0.15) is 22.3 Å². The number of benzene rings is 7. The van der Waals surface area contributed by atoms with Crippen LogP contribution in [0.15, 0.2) is 179 Å². The molecular weight excluding hydrogens is 613 g/mol. The minimum absolute atomic E-state index is 0.656. The van der Waals surface area contributed by atoms with Crippen molar-refractivity contribution in [3.05, 3.63) is 170 Å². The van der Waals surface area contributed by atoms with Crippen molar-refractivity contribution in [2.24, 2.45) is 0 Å². The van der Waals surface area contributed by atoms with Crippen molar-refractivity contribution in [1.82, 2.24) is 9.97 Å². The van der Waals surface area contributed by atoms with Crippen molar-refractivity contribution in [3.8, 4) is 56.2 Å². The lowest BCUT2D eigenvalue weighted by Gasteiger charge is -2.13. The van der Waals surface area contributed by atoms with Crippen molar-refractivity contribution in [2.75, 3.05) is 0 Å². The molecule has 3 heterocycles. The smallest absolute Gasteiger partial charge is 0.160 e. The predicted molar refractivity (Wildman–Crippen MR) is 204 cm³/mol. The topological polar surface area (TPSA) is 52.1 Å². The lowest BCUT2D eigenvalue weighted by Crippen LogP contribution is -1.96. The first-order valence-electron chi connectivity index (χ1n) is 16.7.